The summed E-state index contributed by atoms with van der Waals surface area (Å²) in [5.74, 6) is 0.763. The molecular formula is C15H26N6. The second kappa shape index (κ2) is 5.60. The lowest BCUT2D eigenvalue weighted by atomic mass is 9.75. The molecule has 116 valence electrons. The zero-order valence-corrected chi connectivity index (χ0v) is 13.7. The molecule has 6 nitrogen and oxygen atoms in total. The van der Waals surface area contributed by atoms with Crippen molar-refractivity contribution in [3.63, 3.8) is 0 Å². The highest BCUT2D eigenvalue weighted by molar-refractivity contribution is 6.01. The van der Waals surface area contributed by atoms with Gasteiger partial charge in [-0.3, -0.25) is 5.41 Å². The molecule has 1 heterocycles. The number of aromatic nitrogens is 2. The smallest absolute Gasteiger partial charge is 0.162 e. The minimum Gasteiger partial charge on any atom is -0.384 e. The quantitative estimate of drug-likeness (QED) is 0.631. The predicted molar refractivity (Wildman–Crippen MR) is 86.1 cm³/mol. The number of nitrogen functional groups attached to an aromatic ring is 1. The number of nitrogens with two attached hydrogens (primary N) is 1. The van der Waals surface area contributed by atoms with Gasteiger partial charge in [0.15, 0.2) is 5.82 Å². The molecular weight excluding hydrogens is 264 g/mol. The molecule has 0 atom stereocenters. The van der Waals surface area contributed by atoms with Crippen LogP contribution >= 0.6 is 0 Å². The fourth-order valence-corrected chi connectivity index (χ4v) is 3.03. The van der Waals surface area contributed by atoms with Crippen LogP contribution in [0.2, 0.25) is 0 Å². The number of rotatable bonds is 5. The van der Waals surface area contributed by atoms with Crippen LogP contribution in [0, 0.1) is 19.3 Å². The first kappa shape index (κ1) is 15.7. The summed E-state index contributed by atoms with van der Waals surface area (Å²) in [7, 11) is 6.27. The molecule has 1 aromatic heterocycles. The third kappa shape index (κ3) is 2.72. The molecule has 0 saturated heterocycles. The van der Waals surface area contributed by atoms with Crippen molar-refractivity contribution in [3.8, 4) is 0 Å². The van der Waals surface area contributed by atoms with Gasteiger partial charge < -0.3 is 15.5 Å². The molecule has 0 spiro atoms. The van der Waals surface area contributed by atoms with E-state index in [0.29, 0.717) is 11.4 Å². The Bertz CT molecular complexity index is 547. The average molecular weight is 290 g/mol. The lowest BCUT2D eigenvalue weighted by Gasteiger charge is -2.49. The molecule has 1 saturated carbocycles. The molecule has 0 aromatic carbocycles. The number of aryl methyl sites for hydroxylation is 1. The molecule has 3 N–H and O–H groups in total. The largest absolute Gasteiger partial charge is 0.384 e. The normalized spacial score (nSPS) is 16.7. The zero-order chi connectivity index (χ0) is 15.8. The van der Waals surface area contributed by atoms with Gasteiger partial charge in [-0.1, -0.05) is 0 Å². The van der Waals surface area contributed by atoms with Gasteiger partial charge in [-0.25, -0.2) is 0 Å². The van der Waals surface area contributed by atoms with Gasteiger partial charge in [0.05, 0.1) is 11.3 Å². The summed E-state index contributed by atoms with van der Waals surface area (Å²) in [5, 5.41) is 16.4. The number of nitrogens with one attached hydrogen (secondary N) is 1. The van der Waals surface area contributed by atoms with Gasteiger partial charge in [-0.05, 0) is 52.8 Å². The van der Waals surface area contributed by atoms with Crippen molar-refractivity contribution in [2.75, 3.05) is 32.6 Å². The minimum atomic E-state index is 0.0554. The van der Waals surface area contributed by atoms with E-state index in [-0.39, 0.29) is 11.4 Å². The van der Waals surface area contributed by atoms with Gasteiger partial charge in [0, 0.05) is 19.1 Å². The van der Waals surface area contributed by atoms with Crippen molar-refractivity contribution in [1.29, 1.82) is 5.41 Å². The maximum atomic E-state index is 7.85. The molecule has 0 unspecified atom stereocenters. The van der Waals surface area contributed by atoms with Gasteiger partial charge in [0.25, 0.3) is 0 Å². The van der Waals surface area contributed by atoms with E-state index in [9.17, 15) is 0 Å². The van der Waals surface area contributed by atoms with E-state index in [1.54, 1.807) is 0 Å². The number of nitrogens with zero attached hydrogens (tertiary/aromatic N) is 4. The van der Waals surface area contributed by atoms with Gasteiger partial charge in [0.1, 0.15) is 5.84 Å². The summed E-state index contributed by atoms with van der Waals surface area (Å²) in [6.07, 6.45) is 3.65. The van der Waals surface area contributed by atoms with Crippen LogP contribution in [-0.2, 0) is 0 Å². The Balaban J connectivity index is 2.33. The van der Waals surface area contributed by atoms with Crippen molar-refractivity contribution in [2.24, 2.45) is 5.73 Å². The first-order valence-corrected chi connectivity index (χ1v) is 7.35. The summed E-state index contributed by atoms with van der Waals surface area (Å²) in [4.78, 5) is 4.39. The summed E-state index contributed by atoms with van der Waals surface area (Å²) >= 11 is 0. The fourth-order valence-electron chi connectivity index (χ4n) is 3.03. The fraction of sp³-hybridized carbons (Fsp3) is 0.667. The first-order valence-electron chi connectivity index (χ1n) is 7.35. The third-order valence-electron chi connectivity index (χ3n) is 4.83. The molecule has 0 bridgehead atoms. The molecule has 1 aliphatic rings. The standard InChI is InChI=1S/C15H26N6/c1-10-11(2)18-19-14(12(10)13(16)17)21(5)9-15(20(3)4)7-6-8-15/h6-9H2,1-5H3,(H3,16,17). The summed E-state index contributed by atoms with van der Waals surface area (Å²) in [6.45, 7) is 4.71. The Morgan fingerprint density at radius 2 is 1.86 bits per heavy atom. The second-order valence-corrected chi connectivity index (χ2v) is 6.35. The van der Waals surface area contributed by atoms with Gasteiger partial charge >= 0.3 is 0 Å². The van der Waals surface area contributed by atoms with Crippen LogP contribution in [0.1, 0.15) is 36.1 Å². The molecule has 1 aliphatic carbocycles. The molecule has 0 radical (unpaired) electrons. The molecule has 0 aliphatic heterocycles. The van der Waals surface area contributed by atoms with E-state index in [4.69, 9.17) is 11.1 Å². The van der Waals surface area contributed by atoms with Crippen LogP contribution in [0.4, 0.5) is 5.82 Å². The Morgan fingerprint density at radius 3 is 2.29 bits per heavy atom. The monoisotopic (exact) mass is 290 g/mol. The van der Waals surface area contributed by atoms with Crippen molar-refractivity contribution < 1.29 is 0 Å². The van der Waals surface area contributed by atoms with Crippen molar-refractivity contribution in [2.45, 2.75) is 38.6 Å². The number of anilines is 1. The lowest BCUT2D eigenvalue weighted by molar-refractivity contribution is 0.0681. The molecule has 21 heavy (non-hydrogen) atoms. The van der Waals surface area contributed by atoms with Crippen LogP contribution in [0.3, 0.4) is 0 Å². The van der Waals surface area contributed by atoms with Crippen molar-refractivity contribution in [1.82, 2.24) is 15.1 Å². The highest BCUT2D eigenvalue weighted by Crippen LogP contribution is 2.37. The number of likely N-dealkylation sites (N-methyl/N-ethyl adjacent to an activating group) is 2. The van der Waals surface area contributed by atoms with Crippen molar-refractivity contribution in [3.05, 3.63) is 16.8 Å². The zero-order valence-electron chi connectivity index (χ0n) is 13.7. The Labute approximate surface area is 126 Å². The maximum absolute atomic E-state index is 7.85. The van der Waals surface area contributed by atoms with Crippen LogP contribution in [0.15, 0.2) is 0 Å². The topological polar surface area (TPSA) is 82.1 Å². The Morgan fingerprint density at radius 1 is 1.24 bits per heavy atom. The number of amidine groups is 1. The van der Waals surface area contributed by atoms with Crippen LogP contribution in [0.5, 0.6) is 0 Å². The summed E-state index contributed by atoms with van der Waals surface area (Å²) < 4.78 is 0. The van der Waals surface area contributed by atoms with E-state index < -0.39 is 0 Å². The molecule has 0 amide bonds. The third-order valence-corrected chi connectivity index (χ3v) is 4.83. The highest BCUT2D eigenvalue weighted by Gasteiger charge is 2.40. The summed E-state index contributed by atoms with van der Waals surface area (Å²) in [5.41, 5.74) is 8.43. The predicted octanol–water partition coefficient (Wildman–Crippen LogP) is 1.30. The Kier molecular flexibility index (Phi) is 4.18. The van der Waals surface area contributed by atoms with E-state index in [2.05, 4.69) is 34.1 Å². The maximum Gasteiger partial charge on any atom is 0.162 e. The van der Waals surface area contributed by atoms with Gasteiger partial charge in [-0.2, -0.15) is 5.10 Å². The van der Waals surface area contributed by atoms with E-state index in [1.165, 1.54) is 19.3 Å². The molecule has 2 rings (SSSR count). The minimum absolute atomic E-state index is 0.0554. The van der Waals surface area contributed by atoms with Crippen LogP contribution in [-0.4, -0.2) is 54.2 Å². The molecule has 1 fully saturated rings. The van der Waals surface area contributed by atoms with Gasteiger partial charge in [0.2, 0.25) is 0 Å². The molecule has 1 aromatic rings. The lowest BCUT2D eigenvalue weighted by Crippen LogP contribution is -2.57. The molecule has 6 heteroatoms. The first-order chi connectivity index (χ1) is 9.78. The number of hydrogen-bond acceptors (Lipinski definition) is 5. The Hall–Kier alpha value is -1.69. The van der Waals surface area contributed by atoms with E-state index in [1.807, 2.05) is 20.9 Å². The van der Waals surface area contributed by atoms with Crippen molar-refractivity contribution >= 4 is 11.7 Å². The van der Waals surface area contributed by atoms with E-state index in [0.717, 1.165) is 17.8 Å². The van der Waals surface area contributed by atoms with Crippen LogP contribution in [0.25, 0.3) is 0 Å². The summed E-state index contributed by atoms with van der Waals surface area (Å²) in [6, 6.07) is 0. The van der Waals surface area contributed by atoms with Crippen LogP contribution < -0.4 is 10.6 Å². The van der Waals surface area contributed by atoms with Gasteiger partial charge in [-0.15, -0.1) is 5.10 Å². The second-order valence-electron chi connectivity index (χ2n) is 6.35. The van der Waals surface area contributed by atoms with E-state index >= 15 is 0 Å². The SMILES string of the molecule is Cc1nnc(N(C)CC2(N(C)C)CCC2)c(C(=N)N)c1C. The number of hydrogen-bond donors (Lipinski definition) is 2. The highest BCUT2D eigenvalue weighted by atomic mass is 15.3. The average Bonchev–Trinajstić information content (AvgIpc) is 2.35.